The molecule has 0 radical (unpaired) electrons. The van der Waals surface area contributed by atoms with E-state index in [2.05, 4.69) is 34.6 Å². The number of carbonyl (C=O) groups is 2. The Morgan fingerprint density at radius 2 is 1.11 bits per heavy atom. The van der Waals surface area contributed by atoms with Crippen molar-refractivity contribution in [3.63, 3.8) is 0 Å². The Labute approximate surface area is 174 Å². The number of hydrogen-bond acceptors (Lipinski definition) is 4. The molecule has 4 heteroatoms. The number of esters is 2. The molecular weight excluding hydrogens is 352 g/mol. The Hall–Kier alpha value is -1.06. The van der Waals surface area contributed by atoms with Crippen LogP contribution in [0.5, 0.6) is 0 Å². The summed E-state index contributed by atoms with van der Waals surface area (Å²) in [7, 11) is 0. The highest BCUT2D eigenvalue weighted by Gasteiger charge is 2.21. The van der Waals surface area contributed by atoms with Crippen molar-refractivity contribution in [2.75, 3.05) is 6.61 Å². The highest BCUT2D eigenvalue weighted by molar-refractivity contribution is 5.70. The van der Waals surface area contributed by atoms with Crippen molar-refractivity contribution >= 4 is 11.9 Å². The molecule has 0 atom stereocenters. The Morgan fingerprint density at radius 3 is 1.61 bits per heavy atom. The van der Waals surface area contributed by atoms with Crippen LogP contribution in [0.25, 0.3) is 0 Å². The minimum Gasteiger partial charge on any atom is -0.466 e. The summed E-state index contributed by atoms with van der Waals surface area (Å²) in [4.78, 5) is 23.7. The molecule has 4 nitrogen and oxygen atoms in total. The van der Waals surface area contributed by atoms with Gasteiger partial charge < -0.3 is 9.47 Å². The van der Waals surface area contributed by atoms with Gasteiger partial charge in [-0.3, -0.25) is 9.59 Å². The summed E-state index contributed by atoms with van der Waals surface area (Å²) in [6.07, 6.45) is 13.4. The zero-order chi connectivity index (χ0) is 21.2. The monoisotopic (exact) mass is 398 g/mol. The Morgan fingerprint density at radius 1 is 0.643 bits per heavy atom. The van der Waals surface area contributed by atoms with Crippen LogP contribution < -0.4 is 0 Å². The van der Waals surface area contributed by atoms with E-state index >= 15 is 0 Å². The van der Waals surface area contributed by atoms with Crippen LogP contribution in [-0.2, 0) is 19.1 Å². The second-order valence-electron chi connectivity index (χ2n) is 8.70. The molecule has 0 unspecified atom stereocenters. The van der Waals surface area contributed by atoms with E-state index in [1.807, 2.05) is 0 Å². The zero-order valence-electron chi connectivity index (χ0n) is 19.3. The van der Waals surface area contributed by atoms with Crippen molar-refractivity contribution in [1.82, 2.24) is 0 Å². The van der Waals surface area contributed by atoms with Gasteiger partial charge in [0.05, 0.1) is 6.61 Å². The normalized spacial score (nSPS) is 11.4. The largest absolute Gasteiger partial charge is 0.466 e. The summed E-state index contributed by atoms with van der Waals surface area (Å²) in [5.41, 5.74) is 0. The third-order valence-corrected chi connectivity index (χ3v) is 5.10. The molecule has 0 saturated heterocycles. The van der Waals surface area contributed by atoms with Crippen molar-refractivity contribution < 1.29 is 19.1 Å². The van der Waals surface area contributed by atoms with E-state index in [1.165, 1.54) is 44.9 Å². The van der Waals surface area contributed by atoms with Gasteiger partial charge in [-0.2, -0.15) is 0 Å². The van der Waals surface area contributed by atoms with Gasteiger partial charge in [0, 0.05) is 12.8 Å². The molecular formula is C24H46O4. The Kier molecular flexibility index (Phi) is 17.3. The van der Waals surface area contributed by atoms with E-state index in [-0.39, 0.29) is 18.0 Å². The van der Waals surface area contributed by atoms with Gasteiger partial charge in [-0.1, -0.05) is 86.0 Å². The quantitative estimate of drug-likeness (QED) is 0.187. The fourth-order valence-corrected chi connectivity index (χ4v) is 3.46. The molecule has 0 aliphatic rings. The van der Waals surface area contributed by atoms with Crippen LogP contribution in [0, 0.1) is 11.8 Å². The molecule has 0 aromatic rings. The summed E-state index contributed by atoms with van der Waals surface area (Å²) in [5, 5.41) is 0. The summed E-state index contributed by atoms with van der Waals surface area (Å²) in [5.74, 6) is 0.339. The predicted octanol–water partition coefficient (Wildman–Crippen LogP) is 6.84. The molecule has 28 heavy (non-hydrogen) atoms. The smallest absolute Gasteiger partial charge is 0.306 e. The second kappa shape index (κ2) is 18.0. The van der Waals surface area contributed by atoms with Gasteiger partial charge in [0.1, 0.15) is 6.10 Å². The molecule has 0 aromatic carbocycles. The first-order chi connectivity index (χ1) is 13.4. The minimum absolute atomic E-state index is 0.0335. The Bertz CT molecular complexity index is 382. The van der Waals surface area contributed by atoms with Crippen LogP contribution >= 0.6 is 0 Å². The summed E-state index contributed by atoms with van der Waals surface area (Å²) in [6, 6.07) is 0. The summed E-state index contributed by atoms with van der Waals surface area (Å²) >= 11 is 0. The van der Waals surface area contributed by atoms with Crippen molar-refractivity contribution in [3.05, 3.63) is 0 Å². The second-order valence-corrected chi connectivity index (χ2v) is 8.70. The maximum absolute atomic E-state index is 11.9. The van der Waals surface area contributed by atoms with Crippen LogP contribution in [-0.4, -0.2) is 24.6 Å². The molecule has 0 aliphatic heterocycles. The lowest BCUT2D eigenvalue weighted by Gasteiger charge is -2.24. The van der Waals surface area contributed by atoms with Gasteiger partial charge in [-0.25, -0.2) is 0 Å². The van der Waals surface area contributed by atoms with Crippen LogP contribution in [0.3, 0.4) is 0 Å². The maximum Gasteiger partial charge on any atom is 0.306 e. The lowest BCUT2D eigenvalue weighted by atomic mass is 9.96. The first-order valence-electron chi connectivity index (χ1n) is 11.7. The number of ether oxygens (including phenoxy) is 2. The third kappa shape index (κ3) is 15.9. The first-order valence-corrected chi connectivity index (χ1v) is 11.7. The molecule has 0 aliphatic carbocycles. The lowest BCUT2D eigenvalue weighted by Crippen LogP contribution is -2.28. The van der Waals surface area contributed by atoms with Crippen LogP contribution in [0.15, 0.2) is 0 Å². The number of rotatable bonds is 18. The predicted molar refractivity (Wildman–Crippen MR) is 116 cm³/mol. The van der Waals surface area contributed by atoms with E-state index < -0.39 is 0 Å². The molecule has 0 spiro atoms. The fourth-order valence-electron chi connectivity index (χ4n) is 3.46. The van der Waals surface area contributed by atoms with Crippen LogP contribution in [0.2, 0.25) is 0 Å². The average Bonchev–Trinajstić information content (AvgIpc) is 2.64. The molecule has 0 bridgehead atoms. The number of hydrogen-bond donors (Lipinski definition) is 0. The standard InChI is InChI=1S/C24H46O4/c1-6-7-8-9-10-11-12-13-16-19-27-22(25)17-14-15-18-23(26)28-24(20(2)3)21(4)5/h20-21,24H,6-19H2,1-5H3. The minimum atomic E-state index is -0.157. The van der Waals surface area contributed by atoms with Crippen molar-refractivity contribution in [1.29, 1.82) is 0 Å². The van der Waals surface area contributed by atoms with E-state index in [9.17, 15) is 9.59 Å². The van der Waals surface area contributed by atoms with Gasteiger partial charge in [0.15, 0.2) is 0 Å². The van der Waals surface area contributed by atoms with Gasteiger partial charge >= 0.3 is 11.9 Å². The van der Waals surface area contributed by atoms with Gasteiger partial charge in [0.25, 0.3) is 0 Å². The topological polar surface area (TPSA) is 52.6 Å². The van der Waals surface area contributed by atoms with E-state index in [0.717, 1.165) is 12.8 Å². The maximum atomic E-state index is 11.9. The Balaban J connectivity index is 3.54. The van der Waals surface area contributed by atoms with Crippen LogP contribution in [0.4, 0.5) is 0 Å². The average molecular weight is 399 g/mol. The number of carbonyl (C=O) groups excluding carboxylic acids is 2. The molecule has 0 rings (SSSR count). The van der Waals surface area contributed by atoms with Crippen molar-refractivity contribution in [2.24, 2.45) is 11.8 Å². The fraction of sp³-hybridized carbons (Fsp3) is 0.917. The summed E-state index contributed by atoms with van der Waals surface area (Å²) < 4.78 is 10.8. The molecule has 0 aromatic heterocycles. The van der Waals surface area contributed by atoms with E-state index in [0.29, 0.717) is 44.1 Å². The van der Waals surface area contributed by atoms with Crippen LogP contribution in [0.1, 0.15) is 118 Å². The van der Waals surface area contributed by atoms with Crippen molar-refractivity contribution in [2.45, 2.75) is 124 Å². The first kappa shape index (κ1) is 26.9. The van der Waals surface area contributed by atoms with E-state index in [4.69, 9.17) is 9.47 Å². The molecule has 0 heterocycles. The van der Waals surface area contributed by atoms with Gasteiger partial charge in [0.2, 0.25) is 0 Å². The molecule has 0 saturated carbocycles. The highest BCUT2D eigenvalue weighted by atomic mass is 16.5. The lowest BCUT2D eigenvalue weighted by molar-refractivity contribution is -0.154. The van der Waals surface area contributed by atoms with Gasteiger partial charge in [-0.15, -0.1) is 0 Å². The SMILES string of the molecule is CCCCCCCCCCCOC(=O)CCCCC(=O)OC(C(C)C)C(C)C. The molecule has 0 fully saturated rings. The molecule has 0 amide bonds. The molecule has 0 N–H and O–H groups in total. The summed E-state index contributed by atoms with van der Waals surface area (Å²) in [6.45, 7) is 11.1. The van der Waals surface area contributed by atoms with E-state index in [1.54, 1.807) is 0 Å². The van der Waals surface area contributed by atoms with Crippen molar-refractivity contribution in [3.8, 4) is 0 Å². The highest BCUT2D eigenvalue weighted by Crippen LogP contribution is 2.17. The third-order valence-electron chi connectivity index (χ3n) is 5.10. The zero-order valence-corrected chi connectivity index (χ0v) is 19.3. The molecule has 166 valence electrons. The van der Waals surface area contributed by atoms with Gasteiger partial charge in [-0.05, 0) is 31.1 Å². The number of unbranched alkanes of at least 4 members (excludes halogenated alkanes) is 9.